The largest absolute Gasteiger partial charge is 0.335 e. The van der Waals surface area contributed by atoms with Crippen LogP contribution in [0.2, 0.25) is 0 Å². The van der Waals surface area contributed by atoms with E-state index in [1.54, 1.807) is 11.0 Å². The number of urea groups is 1. The Morgan fingerprint density at radius 3 is 2.74 bits per heavy atom. The topological polar surface area (TPSA) is 81.3 Å². The molecule has 2 fully saturated rings. The predicted octanol–water partition coefficient (Wildman–Crippen LogP) is 2.49. The van der Waals surface area contributed by atoms with Gasteiger partial charge in [-0.25, -0.2) is 4.79 Å². The number of nitrogens with zero attached hydrogens (tertiary/aromatic N) is 3. The van der Waals surface area contributed by atoms with Crippen molar-refractivity contribution in [3.63, 3.8) is 0 Å². The zero-order valence-electron chi connectivity index (χ0n) is 15.5. The van der Waals surface area contributed by atoms with Gasteiger partial charge in [-0.1, -0.05) is 30.3 Å². The molecule has 1 atom stereocenters. The molecular formula is C20H25N5O2. The van der Waals surface area contributed by atoms with Gasteiger partial charge in [0.2, 0.25) is 0 Å². The smallest absolute Gasteiger partial charge is 0.317 e. The van der Waals surface area contributed by atoms with Crippen LogP contribution in [-0.2, 0) is 0 Å². The van der Waals surface area contributed by atoms with Gasteiger partial charge in [-0.05, 0) is 32.3 Å². The number of likely N-dealkylation sites (tertiary alicyclic amines) is 1. The van der Waals surface area contributed by atoms with Crippen molar-refractivity contribution in [3.05, 3.63) is 42.1 Å². The Labute approximate surface area is 158 Å². The molecule has 1 aliphatic heterocycles. The molecule has 0 unspecified atom stereocenters. The fourth-order valence-electron chi connectivity index (χ4n) is 3.63. The van der Waals surface area contributed by atoms with E-state index in [0.29, 0.717) is 24.8 Å². The molecule has 1 saturated carbocycles. The average Bonchev–Trinajstić information content (AvgIpc) is 3.21. The Morgan fingerprint density at radius 1 is 1.26 bits per heavy atom. The lowest BCUT2D eigenvalue weighted by atomic mass is 10.1. The Hall–Kier alpha value is -2.83. The van der Waals surface area contributed by atoms with Crippen molar-refractivity contribution >= 4 is 11.9 Å². The monoisotopic (exact) mass is 367 g/mol. The highest BCUT2D eigenvalue weighted by Crippen LogP contribution is 2.26. The van der Waals surface area contributed by atoms with Gasteiger partial charge in [-0.3, -0.25) is 9.89 Å². The van der Waals surface area contributed by atoms with Crippen LogP contribution < -0.4 is 5.32 Å². The van der Waals surface area contributed by atoms with E-state index in [4.69, 9.17) is 0 Å². The first-order valence-electron chi connectivity index (χ1n) is 9.63. The molecule has 2 aliphatic rings. The van der Waals surface area contributed by atoms with Crippen LogP contribution in [0.25, 0.3) is 11.3 Å². The number of carbonyl (C=O) groups is 2. The van der Waals surface area contributed by atoms with Crippen molar-refractivity contribution in [1.82, 2.24) is 25.3 Å². The minimum absolute atomic E-state index is 0.00534. The first-order chi connectivity index (χ1) is 13.2. The Balaban J connectivity index is 1.35. The summed E-state index contributed by atoms with van der Waals surface area (Å²) >= 11 is 0. The van der Waals surface area contributed by atoms with Crippen LogP contribution >= 0.6 is 0 Å². The summed E-state index contributed by atoms with van der Waals surface area (Å²) in [6.07, 6.45) is 2.97. The molecule has 4 rings (SSSR count). The standard InChI is InChI=1S/C20H25N5O2/c1-2-25(16-8-9-16)20(27)21-15-10-11-24(13-15)19(26)18-12-17(22-23-18)14-6-4-3-5-7-14/h3-7,12,15-16H,2,8-11,13H2,1H3,(H,21,27)(H,22,23)/t15-/m1/s1. The first-order valence-corrected chi connectivity index (χ1v) is 9.63. The van der Waals surface area contributed by atoms with Gasteiger partial charge in [0.05, 0.1) is 5.69 Å². The van der Waals surface area contributed by atoms with Gasteiger partial charge in [-0.15, -0.1) is 0 Å². The van der Waals surface area contributed by atoms with E-state index in [0.717, 1.165) is 37.1 Å². The number of aromatic nitrogens is 2. The van der Waals surface area contributed by atoms with E-state index in [1.165, 1.54) is 0 Å². The van der Waals surface area contributed by atoms with Gasteiger partial charge in [0.25, 0.3) is 5.91 Å². The van der Waals surface area contributed by atoms with Crippen molar-refractivity contribution < 1.29 is 9.59 Å². The van der Waals surface area contributed by atoms with Crippen molar-refractivity contribution in [2.45, 2.75) is 38.3 Å². The zero-order valence-corrected chi connectivity index (χ0v) is 15.5. The molecule has 0 spiro atoms. The van der Waals surface area contributed by atoms with Gasteiger partial charge >= 0.3 is 6.03 Å². The maximum absolute atomic E-state index is 12.8. The summed E-state index contributed by atoms with van der Waals surface area (Å²) < 4.78 is 0. The summed E-state index contributed by atoms with van der Waals surface area (Å²) in [6, 6.07) is 11.9. The summed E-state index contributed by atoms with van der Waals surface area (Å²) in [5, 5.41) is 10.2. The summed E-state index contributed by atoms with van der Waals surface area (Å²) in [7, 11) is 0. The zero-order chi connectivity index (χ0) is 18.8. The third-order valence-corrected chi connectivity index (χ3v) is 5.27. The summed E-state index contributed by atoms with van der Waals surface area (Å²) in [4.78, 5) is 28.8. The SMILES string of the molecule is CCN(C(=O)N[C@@H]1CCN(C(=O)c2cc(-c3ccccc3)n[nH]2)C1)C1CC1. The third-order valence-electron chi connectivity index (χ3n) is 5.27. The minimum Gasteiger partial charge on any atom is -0.335 e. The first kappa shape index (κ1) is 17.6. The van der Waals surface area contributed by atoms with Gasteiger partial charge < -0.3 is 15.1 Å². The molecule has 2 heterocycles. The highest BCUT2D eigenvalue weighted by Gasteiger charge is 2.34. The Morgan fingerprint density at radius 2 is 2.04 bits per heavy atom. The summed E-state index contributed by atoms with van der Waals surface area (Å²) in [5.74, 6) is -0.0732. The van der Waals surface area contributed by atoms with Crippen molar-refractivity contribution in [1.29, 1.82) is 0 Å². The third kappa shape index (κ3) is 3.82. The van der Waals surface area contributed by atoms with Gasteiger partial charge in [-0.2, -0.15) is 5.10 Å². The highest BCUT2D eigenvalue weighted by atomic mass is 16.2. The molecule has 1 aromatic heterocycles. The predicted molar refractivity (Wildman–Crippen MR) is 102 cm³/mol. The quantitative estimate of drug-likeness (QED) is 0.852. The van der Waals surface area contributed by atoms with Crippen LogP contribution in [0, 0.1) is 0 Å². The van der Waals surface area contributed by atoms with Crippen molar-refractivity contribution in [3.8, 4) is 11.3 Å². The normalized spacial score (nSPS) is 19.1. The van der Waals surface area contributed by atoms with Crippen molar-refractivity contribution in [2.75, 3.05) is 19.6 Å². The second-order valence-corrected chi connectivity index (χ2v) is 7.24. The number of amides is 3. The molecule has 2 aromatic rings. The van der Waals surface area contributed by atoms with Crippen LogP contribution in [0.15, 0.2) is 36.4 Å². The van der Waals surface area contributed by atoms with Crippen LogP contribution in [0.5, 0.6) is 0 Å². The maximum atomic E-state index is 12.8. The van der Waals surface area contributed by atoms with E-state index >= 15 is 0 Å². The number of carbonyl (C=O) groups excluding carboxylic acids is 2. The van der Waals surface area contributed by atoms with Crippen LogP contribution in [0.3, 0.4) is 0 Å². The Kier molecular flexibility index (Phi) is 4.83. The molecule has 1 saturated heterocycles. The molecule has 7 heteroatoms. The second kappa shape index (κ2) is 7.42. The fourth-order valence-corrected chi connectivity index (χ4v) is 3.63. The van der Waals surface area contributed by atoms with Gasteiger partial charge in [0.1, 0.15) is 5.69 Å². The van der Waals surface area contributed by atoms with Crippen LogP contribution in [-0.4, -0.2) is 63.7 Å². The highest BCUT2D eigenvalue weighted by molar-refractivity contribution is 5.93. The average molecular weight is 367 g/mol. The lowest BCUT2D eigenvalue weighted by molar-refractivity contribution is 0.0783. The molecule has 0 radical (unpaired) electrons. The number of benzene rings is 1. The van der Waals surface area contributed by atoms with E-state index in [1.807, 2.05) is 42.2 Å². The van der Waals surface area contributed by atoms with E-state index in [2.05, 4.69) is 15.5 Å². The number of hydrogen-bond acceptors (Lipinski definition) is 3. The lowest BCUT2D eigenvalue weighted by Gasteiger charge is -2.23. The molecular weight excluding hydrogens is 342 g/mol. The van der Waals surface area contributed by atoms with Crippen molar-refractivity contribution in [2.24, 2.45) is 0 Å². The summed E-state index contributed by atoms with van der Waals surface area (Å²) in [6.45, 7) is 3.90. The van der Waals surface area contributed by atoms with Gasteiger partial charge in [0.15, 0.2) is 0 Å². The van der Waals surface area contributed by atoms with Gasteiger partial charge in [0, 0.05) is 37.3 Å². The maximum Gasteiger partial charge on any atom is 0.317 e. The second-order valence-electron chi connectivity index (χ2n) is 7.24. The molecule has 1 aliphatic carbocycles. The molecule has 27 heavy (non-hydrogen) atoms. The Bertz CT molecular complexity index is 815. The lowest BCUT2D eigenvalue weighted by Crippen LogP contribution is -2.47. The van der Waals surface area contributed by atoms with E-state index in [9.17, 15) is 9.59 Å². The molecule has 142 valence electrons. The molecule has 1 aromatic carbocycles. The number of nitrogens with one attached hydrogen (secondary N) is 2. The minimum atomic E-state index is -0.0732. The molecule has 2 N–H and O–H groups in total. The van der Waals surface area contributed by atoms with Crippen LogP contribution in [0.1, 0.15) is 36.7 Å². The van der Waals surface area contributed by atoms with E-state index < -0.39 is 0 Å². The number of hydrogen-bond donors (Lipinski definition) is 2. The number of rotatable bonds is 5. The molecule has 0 bridgehead atoms. The number of aromatic amines is 1. The van der Waals surface area contributed by atoms with Crippen LogP contribution in [0.4, 0.5) is 4.79 Å². The summed E-state index contributed by atoms with van der Waals surface area (Å²) in [5.41, 5.74) is 2.21. The fraction of sp³-hybridized carbons (Fsp3) is 0.450. The number of H-pyrrole nitrogens is 1. The molecule has 3 amide bonds. The van der Waals surface area contributed by atoms with E-state index in [-0.39, 0.29) is 18.0 Å². The molecule has 7 nitrogen and oxygen atoms in total.